The summed E-state index contributed by atoms with van der Waals surface area (Å²) in [5.74, 6) is 0.868. The minimum Gasteiger partial charge on any atom is -0.457 e. The zero-order chi connectivity index (χ0) is 33.8. The van der Waals surface area contributed by atoms with Crippen molar-refractivity contribution in [1.29, 1.82) is 0 Å². The van der Waals surface area contributed by atoms with Crippen LogP contribution in [0.3, 0.4) is 0 Å². The third-order valence-electron chi connectivity index (χ3n) is 9.72. The number of fused-ring (bicyclic) bond motifs is 4. The van der Waals surface area contributed by atoms with E-state index >= 15 is 0 Å². The third-order valence-corrected chi connectivity index (χ3v) is 10.6. The highest BCUT2D eigenvalue weighted by molar-refractivity contribution is 7.85. The molecule has 0 radical (unpaired) electrons. The number of anilines is 1. The first-order valence-corrected chi connectivity index (χ1v) is 17.5. The van der Waals surface area contributed by atoms with Gasteiger partial charge in [-0.2, -0.15) is 8.42 Å². The van der Waals surface area contributed by atoms with Crippen LogP contribution >= 0.6 is 0 Å². The summed E-state index contributed by atoms with van der Waals surface area (Å²) < 4.78 is 53.5. The van der Waals surface area contributed by atoms with Gasteiger partial charge in [-0.15, -0.1) is 0 Å². The van der Waals surface area contributed by atoms with Gasteiger partial charge in [0.05, 0.1) is 16.3 Å². The number of allylic oxidation sites excluding steroid dienone is 7. The highest BCUT2D eigenvalue weighted by Gasteiger charge is 2.36. The van der Waals surface area contributed by atoms with Crippen LogP contribution in [0, 0.1) is 5.82 Å². The Labute approximate surface area is 280 Å². The molecule has 4 aromatic carbocycles. The van der Waals surface area contributed by atoms with E-state index in [-0.39, 0.29) is 16.1 Å². The van der Waals surface area contributed by atoms with E-state index in [2.05, 4.69) is 87.6 Å². The number of hydrogen-bond donors (Lipinski definition) is 2. The lowest BCUT2D eigenvalue weighted by molar-refractivity contribution is 0.415. The molecule has 0 unspecified atom stereocenters. The van der Waals surface area contributed by atoms with Crippen molar-refractivity contribution in [3.05, 3.63) is 143 Å². The summed E-state index contributed by atoms with van der Waals surface area (Å²) in [4.78, 5) is 4.86. The maximum atomic E-state index is 14.1. The van der Waals surface area contributed by atoms with Crippen LogP contribution in [0.25, 0.3) is 10.8 Å². The Balaban J connectivity index is 1.27. The number of halogens is 1. The van der Waals surface area contributed by atoms with Gasteiger partial charge in [0.25, 0.3) is 10.1 Å². The smallest absolute Gasteiger partial charge is 0.294 e. The molecule has 0 amide bonds. The maximum absolute atomic E-state index is 14.1. The van der Waals surface area contributed by atoms with Crippen molar-refractivity contribution in [2.24, 2.45) is 4.99 Å². The SMILES string of the molecule is CC1(C)C(=CC=C2CCCC(C=CC3=Nc4ccc5ccccc5c4C3(C)C)=C2Oc2ccc(S(=O)(=O)O)cc2)Nc2ccc(F)cc21. The molecule has 0 spiro atoms. The van der Waals surface area contributed by atoms with Crippen molar-refractivity contribution >= 4 is 38.0 Å². The molecular weight excluding hydrogens is 624 g/mol. The van der Waals surface area contributed by atoms with E-state index in [9.17, 15) is 17.4 Å². The monoisotopic (exact) mass is 660 g/mol. The maximum Gasteiger partial charge on any atom is 0.294 e. The number of aliphatic imine (C=N–C) groups is 1. The molecule has 48 heavy (non-hydrogen) atoms. The highest BCUT2D eigenvalue weighted by Crippen LogP contribution is 2.46. The number of benzene rings is 4. The largest absolute Gasteiger partial charge is 0.457 e. The van der Waals surface area contributed by atoms with Gasteiger partial charge in [-0.1, -0.05) is 70.2 Å². The Morgan fingerprint density at radius 3 is 2.44 bits per heavy atom. The zero-order valence-electron chi connectivity index (χ0n) is 27.3. The van der Waals surface area contributed by atoms with Gasteiger partial charge < -0.3 is 10.1 Å². The Bertz CT molecular complexity index is 2240. The Kier molecular flexibility index (Phi) is 7.76. The normalized spacial score (nSPS) is 19.9. The van der Waals surface area contributed by atoms with E-state index in [0.717, 1.165) is 58.8 Å². The number of hydrogen-bond acceptors (Lipinski definition) is 5. The van der Waals surface area contributed by atoms with E-state index in [1.54, 1.807) is 24.3 Å². The van der Waals surface area contributed by atoms with Gasteiger partial charge >= 0.3 is 0 Å². The molecule has 0 bridgehead atoms. The molecule has 7 rings (SSSR count). The lowest BCUT2D eigenvalue weighted by atomic mass is 9.78. The first-order valence-electron chi connectivity index (χ1n) is 16.1. The van der Waals surface area contributed by atoms with E-state index in [1.165, 1.54) is 34.5 Å². The van der Waals surface area contributed by atoms with Gasteiger partial charge in [0, 0.05) is 22.2 Å². The Morgan fingerprint density at radius 1 is 0.896 bits per heavy atom. The van der Waals surface area contributed by atoms with Crippen LogP contribution in [0.5, 0.6) is 5.75 Å². The molecule has 6 nitrogen and oxygen atoms in total. The summed E-state index contributed by atoms with van der Waals surface area (Å²) in [7, 11) is -4.34. The average Bonchev–Trinajstić information content (AvgIpc) is 3.46. The van der Waals surface area contributed by atoms with E-state index in [0.29, 0.717) is 11.5 Å². The van der Waals surface area contributed by atoms with Gasteiger partial charge in [0.1, 0.15) is 17.3 Å². The van der Waals surface area contributed by atoms with Crippen molar-refractivity contribution in [2.45, 2.75) is 62.7 Å². The molecule has 0 atom stereocenters. The summed E-state index contributed by atoms with van der Waals surface area (Å²) >= 11 is 0. The molecule has 8 heteroatoms. The van der Waals surface area contributed by atoms with Crippen LogP contribution in [-0.4, -0.2) is 18.7 Å². The molecule has 2 N–H and O–H groups in total. The van der Waals surface area contributed by atoms with Crippen LogP contribution in [0.4, 0.5) is 15.8 Å². The number of nitrogens with zero attached hydrogens (tertiary/aromatic N) is 1. The van der Waals surface area contributed by atoms with Gasteiger partial charge in [0.15, 0.2) is 0 Å². The van der Waals surface area contributed by atoms with Crippen molar-refractivity contribution in [3.8, 4) is 5.75 Å². The molecule has 0 aromatic heterocycles. The van der Waals surface area contributed by atoms with Crippen LogP contribution < -0.4 is 10.1 Å². The number of ether oxygens (including phenoxy) is 1. The topological polar surface area (TPSA) is 88.0 Å². The minimum atomic E-state index is -4.34. The highest BCUT2D eigenvalue weighted by atomic mass is 32.2. The van der Waals surface area contributed by atoms with Crippen LogP contribution in [-0.2, 0) is 20.9 Å². The molecule has 3 aliphatic rings. The third kappa shape index (κ3) is 5.69. The van der Waals surface area contributed by atoms with Crippen LogP contribution in [0.15, 0.2) is 136 Å². The molecule has 0 fully saturated rings. The Hall–Kier alpha value is -4.79. The van der Waals surface area contributed by atoms with Crippen molar-refractivity contribution < 1.29 is 22.1 Å². The molecule has 244 valence electrons. The quantitative estimate of drug-likeness (QED) is 0.201. The number of rotatable bonds is 6. The molecule has 0 saturated carbocycles. The fourth-order valence-electron chi connectivity index (χ4n) is 7.00. The molecule has 0 saturated heterocycles. The molecule has 1 aliphatic carbocycles. The zero-order valence-corrected chi connectivity index (χ0v) is 28.2. The van der Waals surface area contributed by atoms with Gasteiger partial charge in [-0.25, -0.2) is 4.39 Å². The molecule has 4 aromatic rings. The number of nitrogens with one attached hydrogen (secondary N) is 1. The van der Waals surface area contributed by atoms with E-state index < -0.39 is 15.5 Å². The van der Waals surface area contributed by atoms with E-state index in [4.69, 9.17) is 9.73 Å². The minimum absolute atomic E-state index is 0.202. The summed E-state index contributed by atoms with van der Waals surface area (Å²) in [6.07, 6.45) is 10.7. The molecule has 2 aliphatic heterocycles. The summed E-state index contributed by atoms with van der Waals surface area (Å²) in [6, 6.07) is 23.1. The van der Waals surface area contributed by atoms with Crippen molar-refractivity contribution in [3.63, 3.8) is 0 Å². The molecular formula is C40H37FN2O4S. The fraction of sp³-hybridized carbons (Fsp3) is 0.225. The van der Waals surface area contributed by atoms with Crippen LogP contribution in [0.2, 0.25) is 0 Å². The lowest BCUT2D eigenvalue weighted by Gasteiger charge is -2.24. The van der Waals surface area contributed by atoms with Gasteiger partial charge in [-0.3, -0.25) is 9.55 Å². The second-order valence-electron chi connectivity index (χ2n) is 13.6. The van der Waals surface area contributed by atoms with Crippen molar-refractivity contribution in [1.82, 2.24) is 0 Å². The standard InChI is InChI=1S/C40H37FN2O4S/c1-39(2)32-24-28(41)15-21-33(32)42-35(39)22-13-26-9-7-10-27(38(26)47-29-16-18-30(19-17-29)48(44,45)46)14-23-36-40(3,4)37-31-11-6-5-8-25(31)12-20-34(37)43-36/h5-6,8,11-24,42H,7,9-10H2,1-4H3,(H,44,45,46). The summed E-state index contributed by atoms with van der Waals surface area (Å²) in [6.45, 7) is 8.55. The summed E-state index contributed by atoms with van der Waals surface area (Å²) in [5, 5.41) is 5.85. The van der Waals surface area contributed by atoms with Crippen LogP contribution in [0.1, 0.15) is 58.1 Å². The first kappa shape index (κ1) is 31.8. The summed E-state index contributed by atoms with van der Waals surface area (Å²) in [5.41, 5.74) is 7.12. The lowest BCUT2D eigenvalue weighted by Crippen LogP contribution is -2.24. The fourth-order valence-corrected chi connectivity index (χ4v) is 7.48. The van der Waals surface area contributed by atoms with Gasteiger partial charge in [-0.05, 0) is 113 Å². The first-order chi connectivity index (χ1) is 22.8. The molecule has 2 heterocycles. The predicted molar refractivity (Wildman–Crippen MR) is 190 cm³/mol. The van der Waals surface area contributed by atoms with E-state index in [1.807, 2.05) is 6.08 Å². The second kappa shape index (κ2) is 11.7. The van der Waals surface area contributed by atoms with Gasteiger partial charge in [0.2, 0.25) is 0 Å². The second-order valence-corrected chi connectivity index (χ2v) is 15.0. The average molecular weight is 661 g/mol. The Morgan fingerprint density at radius 2 is 1.67 bits per heavy atom. The predicted octanol–water partition coefficient (Wildman–Crippen LogP) is 9.88. The van der Waals surface area contributed by atoms with Crippen molar-refractivity contribution in [2.75, 3.05) is 5.32 Å².